The van der Waals surface area contributed by atoms with Crippen molar-refractivity contribution in [1.29, 1.82) is 0 Å². The smallest absolute Gasteiger partial charge is 0.127 e. The average molecular weight is 341 g/mol. The number of rotatable bonds is 6. The van der Waals surface area contributed by atoms with E-state index >= 15 is 0 Å². The fourth-order valence-corrected chi connectivity index (χ4v) is 3.20. The van der Waals surface area contributed by atoms with E-state index < -0.39 is 0 Å². The lowest BCUT2D eigenvalue weighted by Gasteiger charge is -2.08. The van der Waals surface area contributed by atoms with Crippen molar-refractivity contribution >= 4 is 29.2 Å². The van der Waals surface area contributed by atoms with E-state index in [0.717, 1.165) is 27.2 Å². The minimum Gasteiger partial charge on any atom is -0.366 e. The number of halogens is 1. The number of hydrogen-bond donors (Lipinski definition) is 1. The minimum absolute atomic E-state index is 0.666. The van der Waals surface area contributed by atoms with Crippen LogP contribution in [-0.4, -0.2) is 4.98 Å². The van der Waals surface area contributed by atoms with Gasteiger partial charge in [-0.15, -0.1) is 11.8 Å². The second kappa shape index (κ2) is 8.04. The molecular formula is C19H17ClN2S. The topological polar surface area (TPSA) is 24.9 Å². The summed E-state index contributed by atoms with van der Waals surface area (Å²) in [5.41, 5.74) is 2.37. The van der Waals surface area contributed by atoms with Gasteiger partial charge in [0.2, 0.25) is 0 Å². The van der Waals surface area contributed by atoms with Crippen LogP contribution < -0.4 is 5.32 Å². The SMILES string of the molecule is Clc1ccccc1CNc1cccc(SCc2ccccc2)n1. The monoisotopic (exact) mass is 340 g/mol. The number of pyridine rings is 1. The predicted molar refractivity (Wildman–Crippen MR) is 99.0 cm³/mol. The highest BCUT2D eigenvalue weighted by molar-refractivity contribution is 7.98. The van der Waals surface area contributed by atoms with Crippen molar-refractivity contribution in [2.75, 3.05) is 5.32 Å². The molecule has 0 fully saturated rings. The highest BCUT2D eigenvalue weighted by Crippen LogP contribution is 2.22. The van der Waals surface area contributed by atoms with Gasteiger partial charge in [0, 0.05) is 17.3 Å². The van der Waals surface area contributed by atoms with Crippen LogP contribution in [0.5, 0.6) is 0 Å². The largest absolute Gasteiger partial charge is 0.366 e. The van der Waals surface area contributed by atoms with E-state index in [1.54, 1.807) is 11.8 Å². The molecule has 0 amide bonds. The molecular weight excluding hydrogens is 324 g/mol. The van der Waals surface area contributed by atoms with Crippen LogP contribution in [-0.2, 0) is 12.3 Å². The Kier molecular flexibility index (Phi) is 5.56. The van der Waals surface area contributed by atoms with E-state index in [0.29, 0.717) is 6.54 Å². The number of anilines is 1. The molecule has 0 aliphatic heterocycles. The molecule has 2 aromatic carbocycles. The molecule has 0 unspecified atom stereocenters. The molecule has 0 radical (unpaired) electrons. The first-order valence-electron chi connectivity index (χ1n) is 7.42. The summed E-state index contributed by atoms with van der Waals surface area (Å²) in [6.45, 7) is 0.666. The first-order chi connectivity index (χ1) is 11.3. The van der Waals surface area contributed by atoms with Crippen LogP contribution in [0.1, 0.15) is 11.1 Å². The van der Waals surface area contributed by atoms with Crippen molar-refractivity contribution in [3.05, 3.63) is 88.9 Å². The number of benzene rings is 2. The van der Waals surface area contributed by atoms with Crippen molar-refractivity contribution in [3.63, 3.8) is 0 Å². The lowest BCUT2D eigenvalue weighted by atomic mass is 10.2. The number of nitrogens with one attached hydrogen (secondary N) is 1. The third-order valence-electron chi connectivity index (χ3n) is 3.37. The standard InChI is InChI=1S/C19H17ClN2S/c20-17-10-5-4-9-16(17)13-21-18-11-6-12-19(22-18)23-14-15-7-2-1-3-8-15/h1-12H,13-14H2,(H,21,22). The number of nitrogens with zero attached hydrogens (tertiary/aromatic N) is 1. The lowest BCUT2D eigenvalue weighted by Crippen LogP contribution is -2.02. The van der Waals surface area contributed by atoms with Gasteiger partial charge in [0.15, 0.2) is 0 Å². The Morgan fingerprint density at radius 2 is 1.65 bits per heavy atom. The van der Waals surface area contributed by atoms with Crippen LogP contribution in [0, 0.1) is 0 Å². The molecule has 23 heavy (non-hydrogen) atoms. The Balaban J connectivity index is 1.60. The lowest BCUT2D eigenvalue weighted by molar-refractivity contribution is 1.06. The highest BCUT2D eigenvalue weighted by atomic mass is 35.5. The Morgan fingerprint density at radius 1 is 0.870 bits per heavy atom. The Bertz CT molecular complexity index is 762. The normalized spacial score (nSPS) is 10.5. The predicted octanol–water partition coefficient (Wildman–Crippen LogP) is 5.64. The molecule has 0 spiro atoms. The van der Waals surface area contributed by atoms with Gasteiger partial charge in [0.1, 0.15) is 5.82 Å². The summed E-state index contributed by atoms with van der Waals surface area (Å²) in [5.74, 6) is 1.78. The summed E-state index contributed by atoms with van der Waals surface area (Å²) in [6, 6.07) is 24.3. The molecule has 1 aromatic heterocycles. The maximum atomic E-state index is 6.17. The molecule has 116 valence electrons. The summed E-state index contributed by atoms with van der Waals surface area (Å²) in [7, 11) is 0. The van der Waals surface area contributed by atoms with Gasteiger partial charge in [-0.25, -0.2) is 4.98 Å². The zero-order valence-corrected chi connectivity index (χ0v) is 14.1. The van der Waals surface area contributed by atoms with Gasteiger partial charge < -0.3 is 5.32 Å². The summed E-state index contributed by atoms with van der Waals surface area (Å²) in [6.07, 6.45) is 0. The molecule has 0 aliphatic rings. The molecule has 0 saturated carbocycles. The summed E-state index contributed by atoms with van der Waals surface area (Å²) >= 11 is 7.91. The van der Waals surface area contributed by atoms with Gasteiger partial charge in [-0.2, -0.15) is 0 Å². The van der Waals surface area contributed by atoms with Crippen LogP contribution in [0.3, 0.4) is 0 Å². The fraction of sp³-hybridized carbons (Fsp3) is 0.105. The Morgan fingerprint density at radius 3 is 2.48 bits per heavy atom. The van der Waals surface area contributed by atoms with Gasteiger partial charge in [-0.3, -0.25) is 0 Å². The molecule has 0 saturated heterocycles. The maximum Gasteiger partial charge on any atom is 0.127 e. The first-order valence-corrected chi connectivity index (χ1v) is 8.79. The van der Waals surface area contributed by atoms with Crippen molar-refractivity contribution in [2.45, 2.75) is 17.3 Å². The molecule has 3 rings (SSSR count). The molecule has 0 bridgehead atoms. The zero-order chi connectivity index (χ0) is 15.9. The van der Waals surface area contributed by atoms with E-state index in [9.17, 15) is 0 Å². The Hall–Kier alpha value is -1.97. The van der Waals surface area contributed by atoms with Crippen LogP contribution in [0.4, 0.5) is 5.82 Å². The van der Waals surface area contributed by atoms with Gasteiger partial charge >= 0.3 is 0 Å². The highest BCUT2D eigenvalue weighted by Gasteiger charge is 2.02. The zero-order valence-electron chi connectivity index (χ0n) is 12.6. The molecule has 1 heterocycles. The summed E-state index contributed by atoms with van der Waals surface area (Å²) < 4.78 is 0. The third-order valence-corrected chi connectivity index (χ3v) is 4.74. The van der Waals surface area contributed by atoms with E-state index in [1.807, 2.05) is 48.5 Å². The van der Waals surface area contributed by atoms with Crippen LogP contribution in [0.15, 0.2) is 77.8 Å². The third kappa shape index (κ3) is 4.75. The molecule has 0 aliphatic carbocycles. The van der Waals surface area contributed by atoms with Gasteiger partial charge in [-0.05, 0) is 29.3 Å². The fourth-order valence-electron chi connectivity index (χ4n) is 2.15. The Labute approximate surface area is 145 Å². The van der Waals surface area contributed by atoms with E-state index in [2.05, 4.69) is 34.6 Å². The van der Waals surface area contributed by atoms with Crippen LogP contribution in [0.25, 0.3) is 0 Å². The van der Waals surface area contributed by atoms with Gasteiger partial charge in [0.25, 0.3) is 0 Å². The first kappa shape index (κ1) is 15.9. The van der Waals surface area contributed by atoms with Crippen molar-refractivity contribution in [3.8, 4) is 0 Å². The van der Waals surface area contributed by atoms with E-state index in [-0.39, 0.29) is 0 Å². The molecule has 4 heteroatoms. The number of thioether (sulfide) groups is 1. The number of aromatic nitrogens is 1. The van der Waals surface area contributed by atoms with Crippen LogP contribution in [0.2, 0.25) is 5.02 Å². The van der Waals surface area contributed by atoms with Crippen molar-refractivity contribution in [2.24, 2.45) is 0 Å². The number of hydrogen-bond acceptors (Lipinski definition) is 3. The quantitative estimate of drug-likeness (QED) is 0.588. The van der Waals surface area contributed by atoms with Crippen LogP contribution >= 0.6 is 23.4 Å². The van der Waals surface area contributed by atoms with Crippen molar-refractivity contribution in [1.82, 2.24) is 4.98 Å². The molecule has 1 N–H and O–H groups in total. The molecule has 3 aromatic rings. The minimum atomic E-state index is 0.666. The summed E-state index contributed by atoms with van der Waals surface area (Å²) in [5, 5.41) is 5.12. The van der Waals surface area contributed by atoms with E-state index in [1.165, 1.54) is 5.56 Å². The second-order valence-corrected chi connectivity index (χ2v) is 6.48. The van der Waals surface area contributed by atoms with Gasteiger partial charge in [0.05, 0.1) is 5.03 Å². The summed E-state index contributed by atoms with van der Waals surface area (Å²) in [4.78, 5) is 4.64. The molecule has 0 atom stereocenters. The maximum absolute atomic E-state index is 6.17. The van der Waals surface area contributed by atoms with Crippen molar-refractivity contribution < 1.29 is 0 Å². The van der Waals surface area contributed by atoms with E-state index in [4.69, 9.17) is 11.6 Å². The van der Waals surface area contributed by atoms with Gasteiger partial charge in [-0.1, -0.05) is 66.2 Å². The average Bonchev–Trinajstić information content (AvgIpc) is 2.61. The second-order valence-electron chi connectivity index (χ2n) is 5.08. The molecule has 2 nitrogen and oxygen atoms in total.